The Balaban J connectivity index is 1.58. The highest BCUT2D eigenvalue weighted by atomic mass is 31.2. The molecule has 0 saturated carbocycles. The predicted molar refractivity (Wildman–Crippen MR) is 118 cm³/mol. The predicted octanol–water partition coefficient (Wildman–Crippen LogP) is -0.0330. The maximum absolute atomic E-state index is 13.0. The second-order valence-electron chi connectivity index (χ2n) is 8.68. The van der Waals surface area contributed by atoms with Crippen LogP contribution in [0.4, 0.5) is 5.95 Å². The second kappa shape index (κ2) is 9.99. The number of aromatic nitrogens is 4. The average Bonchev–Trinajstić information content (AvgIpc) is 3.34. The Morgan fingerprint density at radius 1 is 1.32 bits per heavy atom. The van der Waals surface area contributed by atoms with E-state index in [0.717, 1.165) is 23.8 Å². The Morgan fingerprint density at radius 3 is 2.79 bits per heavy atom. The molecular weight excluding hydrogens is 473 g/mol. The van der Waals surface area contributed by atoms with Gasteiger partial charge in [-0.05, 0) is 6.42 Å². The first-order valence-corrected chi connectivity index (χ1v) is 12.8. The summed E-state index contributed by atoms with van der Waals surface area (Å²) in [6.45, 7) is 1.54. The quantitative estimate of drug-likeness (QED) is 0.197. The number of rotatable bonds is 9. The van der Waals surface area contributed by atoms with Gasteiger partial charge in [0, 0.05) is 12.8 Å². The number of ether oxygens (including phenoxy) is 1. The number of phosphoric ester groups is 1. The molecule has 4 rings (SSSR count). The van der Waals surface area contributed by atoms with Gasteiger partial charge in [0.1, 0.15) is 18.6 Å². The van der Waals surface area contributed by atoms with Gasteiger partial charge >= 0.3 is 7.82 Å². The van der Waals surface area contributed by atoms with Gasteiger partial charge in [-0.2, -0.15) is 4.98 Å². The monoisotopic (exact) mass is 503 g/mol. The zero-order valence-corrected chi connectivity index (χ0v) is 19.5. The van der Waals surface area contributed by atoms with E-state index in [9.17, 15) is 24.7 Å². The molecule has 4 heterocycles. The highest BCUT2D eigenvalue weighted by Crippen LogP contribution is 2.38. The Labute approximate surface area is 194 Å². The third kappa shape index (κ3) is 5.19. The number of anilines is 1. The van der Waals surface area contributed by atoms with Crippen LogP contribution in [0.25, 0.3) is 11.2 Å². The van der Waals surface area contributed by atoms with Crippen molar-refractivity contribution in [1.82, 2.24) is 19.1 Å². The van der Waals surface area contributed by atoms with Crippen molar-refractivity contribution in [2.75, 3.05) is 11.9 Å². The first-order valence-electron chi connectivity index (χ1n) is 11.2. The molecule has 1 fully saturated rings. The molecule has 2 aliphatic heterocycles. The second-order valence-corrected chi connectivity index (χ2v) is 9.92. The van der Waals surface area contributed by atoms with Crippen LogP contribution in [0, 0.1) is 0 Å². The minimum atomic E-state index is -4.73. The first kappa shape index (κ1) is 25.2. The minimum Gasteiger partial charge on any atom is -0.391 e. The van der Waals surface area contributed by atoms with Crippen molar-refractivity contribution in [3.05, 3.63) is 16.7 Å². The summed E-state index contributed by atoms with van der Waals surface area (Å²) in [7, 11) is -4.73. The molecule has 190 valence electrons. The van der Waals surface area contributed by atoms with Gasteiger partial charge in [0.15, 0.2) is 11.2 Å². The van der Waals surface area contributed by atoms with Gasteiger partial charge < -0.3 is 35.2 Å². The standard InChI is InChI=1S/C19H30N5O9P/c1-2-3-4-5-11(25)10-6-14(27)24-18(28)16-17(22-19(24)21-10)23(9-20-16)15-7-12(26)13(33-15)8-32-34(29,30)31/h9-15,25-27H,2-8H2,1H3,(H,21,22)(H2,29,30,31)/t10-,11-,12-,13+,14+,15+/m0/s1. The van der Waals surface area contributed by atoms with Crippen molar-refractivity contribution >= 4 is 24.9 Å². The fourth-order valence-electron chi connectivity index (χ4n) is 4.39. The van der Waals surface area contributed by atoms with E-state index < -0.39 is 56.8 Å². The fraction of sp³-hybridized carbons (Fsp3) is 0.737. The van der Waals surface area contributed by atoms with Crippen LogP contribution in [0.2, 0.25) is 0 Å². The van der Waals surface area contributed by atoms with Gasteiger partial charge in [-0.1, -0.05) is 26.2 Å². The molecule has 15 heteroatoms. The SMILES string of the molecule is CCCCC[C@H](O)[C@@H]1C[C@@H](O)n2c(nc3c(ncn3[C@H]3C[C@H](O)[C@@H](COP(=O)(O)O)O3)c2=O)N1. The van der Waals surface area contributed by atoms with Gasteiger partial charge in [0.25, 0.3) is 5.56 Å². The fourth-order valence-corrected chi connectivity index (χ4v) is 4.73. The summed E-state index contributed by atoms with van der Waals surface area (Å²) in [5, 5.41) is 34.5. The van der Waals surface area contributed by atoms with Crippen molar-refractivity contribution < 1.29 is 38.9 Å². The van der Waals surface area contributed by atoms with Crippen molar-refractivity contribution in [3.8, 4) is 0 Å². The molecule has 0 aromatic carbocycles. The smallest absolute Gasteiger partial charge is 0.391 e. The lowest BCUT2D eigenvalue weighted by Crippen LogP contribution is -2.44. The molecule has 6 atom stereocenters. The van der Waals surface area contributed by atoms with Crippen LogP contribution in [0.5, 0.6) is 0 Å². The number of aliphatic hydroxyl groups excluding tert-OH is 3. The maximum Gasteiger partial charge on any atom is 0.469 e. The third-order valence-electron chi connectivity index (χ3n) is 6.20. The van der Waals surface area contributed by atoms with Gasteiger partial charge in [-0.25, -0.2) is 14.1 Å². The van der Waals surface area contributed by atoms with Crippen molar-refractivity contribution in [3.63, 3.8) is 0 Å². The number of imidazole rings is 1. The number of hydrogen-bond donors (Lipinski definition) is 6. The molecule has 34 heavy (non-hydrogen) atoms. The summed E-state index contributed by atoms with van der Waals surface area (Å²) in [6.07, 6.45) is 0.0801. The number of nitrogens with zero attached hydrogens (tertiary/aromatic N) is 4. The van der Waals surface area contributed by atoms with Gasteiger partial charge in [0.05, 0.1) is 31.2 Å². The Kier molecular flexibility index (Phi) is 7.41. The lowest BCUT2D eigenvalue weighted by molar-refractivity contribution is -0.0424. The van der Waals surface area contributed by atoms with Crippen LogP contribution >= 0.6 is 7.82 Å². The van der Waals surface area contributed by atoms with Crippen LogP contribution in [-0.2, 0) is 13.8 Å². The van der Waals surface area contributed by atoms with Crippen LogP contribution in [-0.4, -0.2) is 75.2 Å². The molecule has 6 N–H and O–H groups in total. The Morgan fingerprint density at radius 2 is 2.09 bits per heavy atom. The number of nitrogens with one attached hydrogen (secondary N) is 1. The van der Waals surface area contributed by atoms with Crippen LogP contribution in [0.1, 0.15) is 57.9 Å². The largest absolute Gasteiger partial charge is 0.469 e. The zero-order chi connectivity index (χ0) is 24.6. The highest BCUT2D eigenvalue weighted by molar-refractivity contribution is 7.46. The summed E-state index contributed by atoms with van der Waals surface area (Å²) in [5.74, 6) is 0.0810. The normalized spacial score (nSPS) is 28.1. The van der Waals surface area contributed by atoms with Crippen LogP contribution < -0.4 is 10.9 Å². The van der Waals surface area contributed by atoms with Crippen molar-refractivity contribution in [2.45, 2.75) is 82.3 Å². The number of phosphoric acid groups is 1. The van der Waals surface area contributed by atoms with E-state index in [1.165, 1.54) is 10.9 Å². The summed E-state index contributed by atoms with van der Waals surface area (Å²) in [5.41, 5.74) is -0.442. The topological polar surface area (TPSA) is 201 Å². The number of hydrogen-bond acceptors (Lipinski definition) is 10. The van der Waals surface area contributed by atoms with Gasteiger partial charge in [-0.15, -0.1) is 0 Å². The summed E-state index contributed by atoms with van der Waals surface area (Å²) >= 11 is 0. The summed E-state index contributed by atoms with van der Waals surface area (Å²) in [6, 6.07) is -0.494. The number of fused-ring (bicyclic) bond motifs is 2. The maximum atomic E-state index is 13.0. The molecule has 2 aliphatic rings. The van der Waals surface area contributed by atoms with E-state index in [4.69, 9.17) is 14.5 Å². The molecule has 0 radical (unpaired) electrons. The number of unbranched alkanes of at least 4 members (excludes halogenated alkanes) is 2. The van der Waals surface area contributed by atoms with E-state index >= 15 is 0 Å². The molecule has 0 bridgehead atoms. The molecule has 2 aromatic rings. The highest BCUT2D eigenvalue weighted by Gasteiger charge is 2.38. The molecular formula is C19H30N5O9P. The van der Waals surface area contributed by atoms with E-state index in [1.54, 1.807) is 0 Å². The molecule has 0 unspecified atom stereocenters. The van der Waals surface area contributed by atoms with Crippen LogP contribution in [0.15, 0.2) is 11.1 Å². The van der Waals surface area contributed by atoms with E-state index in [0.29, 0.717) is 6.42 Å². The average molecular weight is 503 g/mol. The van der Waals surface area contributed by atoms with Crippen molar-refractivity contribution in [1.29, 1.82) is 0 Å². The Bertz CT molecular complexity index is 1120. The van der Waals surface area contributed by atoms with Crippen molar-refractivity contribution in [2.24, 2.45) is 0 Å². The Hall–Kier alpha value is -1.90. The number of aliphatic hydroxyl groups is 3. The molecule has 14 nitrogen and oxygen atoms in total. The van der Waals surface area contributed by atoms with E-state index in [2.05, 4.69) is 26.7 Å². The third-order valence-corrected chi connectivity index (χ3v) is 6.68. The summed E-state index contributed by atoms with van der Waals surface area (Å²) < 4.78 is 23.6. The molecule has 0 amide bonds. The zero-order valence-electron chi connectivity index (χ0n) is 18.6. The van der Waals surface area contributed by atoms with Crippen LogP contribution in [0.3, 0.4) is 0 Å². The summed E-state index contributed by atoms with van der Waals surface area (Å²) in [4.78, 5) is 39.4. The lowest BCUT2D eigenvalue weighted by atomic mass is 9.99. The first-order chi connectivity index (χ1) is 16.1. The molecule has 0 spiro atoms. The van der Waals surface area contributed by atoms with E-state index in [1.807, 2.05) is 0 Å². The lowest BCUT2D eigenvalue weighted by Gasteiger charge is -2.33. The molecule has 2 aromatic heterocycles. The van der Waals surface area contributed by atoms with E-state index in [-0.39, 0.29) is 30.0 Å². The molecule has 1 saturated heterocycles. The van der Waals surface area contributed by atoms with Gasteiger partial charge in [-0.3, -0.25) is 13.9 Å². The molecule has 0 aliphatic carbocycles. The van der Waals surface area contributed by atoms with Gasteiger partial charge in [0.2, 0.25) is 5.95 Å². The minimum absolute atomic E-state index is 0.0143.